The number of hydrogen-bond acceptors (Lipinski definition) is 3. The van der Waals surface area contributed by atoms with E-state index < -0.39 is 0 Å². The fourth-order valence-corrected chi connectivity index (χ4v) is 3.41. The number of hydrogen-bond donors (Lipinski definition) is 2. The van der Waals surface area contributed by atoms with Gasteiger partial charge in [-0.1, -0.05) is 18.2 Å². The summed E-state index contributed by atoms with van der Waals surface area (Å²) in [6.45, 7) is 2.79. The second-order valence-electron chi connectivity index (χ2n) is 4.75. The maximum absolute atomic E-state index is 9.72. The summed E-state index contributed by atoms with van der Waals surface area (Å²) in [5.41, 5.74) is 2.20. The van der Waals surface area contributed by atoms with Crippen molar-refractivity contribution >= 4 is 31.9 Å². The third-order valence-electron chi connectivity index (χ3n) is 3.29. The Morgan fingerprint density at radius 2 is 1.81 bits per heavy atom. The van der Waals surface area contributed by atoms with Crippen molar-refractivity contribution in [2.24, 2.45) is 0 Å². The summed E-state index contributed by atoms with van der Waals surface area (Å²) in [5, 5.41) is 13.2. The van der Waals surface area contributed by atoms with Crippen LogP contribution in [-0.2, 0) is 6.54 Å². The molecule has 2 rings (SSSR count). The summed E-state index contributed by atoms with van der Waals surface area (Å²) in [7, 11) is 1.68. The predicted octanol–water partition coefficient (Wildman–Crippen LogP) is 4.78. The van der Waals surface area contributed by atoms with Gasteiger partial charge in [0.25, 0.3) is 0 Å². The zero-order valence-corrected chi connectivity index (χ0v) is 15.0. The SMILES string of the molecule is COc1ccccc1[C@@H](C)NCc1cc(Br)c(O)c(Br)c1. The van der Waals surface area contributed by atoms with Crippen molar-refractivity contribution < 1.29 is 9.84 Å². The number of nitrogens with one attached hydrogen (secondary N) is 1. The van der Waals surface area contributed by atoms with Gasteiger partial charge in [-0.15, -0.1) is 0 Å². The normalized spacial score (nSPS) is 12.2. The van der Waals surface area contributed by atoms with E-state index in [0.29, 0.717) is 15.5 Å². The van der Waals surface area contributed by atoms with Crippen molar-refractivity contribution in [3.05, 3.63) is 56.5 Å². The zero-order valence-electron chi connectivity index (χ0n) is 11.9. The minimum absolute atomic E-state index is 0.160. The van der Waals surface area contributed by atoms with Gasteiger partial charge in [-0.05, 0) is 62.5 Å². The highest BCUT2D eigenvalue weighted by Crippen LogP contribution is 2.33. The second kappa shape index (κ2) is 7.29. The lowest BCUT2D eigenvalue weighted by atomic mass is 10.1. The molecule has 0 unspecified atom stereocenters. The lowest BCUT2D eigenvalue weighted by Crippen LogP contribution is -2.18. The van der Waals surface area contributed by atoms with Crippen LogP contribution in [0.15, 0.2) is 45.3 Å². The molecule has 0 fully saturated rings. The van der Waals surface area contributed by atoms with Crippen LogP contribution in [0.1, 0.15) is 24.1 Å². The van der Waals surface area contributed by atoms with Gasteiger partial charge in [-0.25, -0.2) is 0 Å². The molecule has 0 aliphatic carbocycles. The maximum atomic E-state index is 9.72. The van der Waals surface area contributed by atoms with E-state index in [1.807, 2.05) is 30.3 Å². The molecule has 0 saturated carbocycles. The number of methoxy groups -OCH3 is 1. The fourth-order valence-electron chi connectivity index (χ4n) is 2.13. The Labute approximate surface area is 141 Å². The molecule has 0 amide bonds. The van der Waals surface area contributed by atoms with Crippen molar-refractivity contribution in [2.45, 2.75) is 19.5 Å². The summed E-state index contributed by atoms with van der Waals surface area (Å²) < 4.78 is 6.74. The summed E-state index contributed by atoms with van der Waals surface area (Å²) in [6, 6.07) is 11.9. The summed E-state index contributed by atoms with van der Waals surface area (Å²) in [4.78, 5) is 0. The van der Waals surface area contributed by atoms with Crippen LogP contribution >= 0.6 is 31.9 Å². The third kappa shape index (κ3) is 3.99. The summed E-state index contributed by atoms with van der Waals surface area (Å²) in [6.07, 6.45) is 0. The minimum Gasteiger partial charge on any atom is -0.506 e. The lowest BCUT2D eigenvalue weighted by Gasteiger charge is -2.17. The molecule has 0 spiro atoms. The predicted molar refractivity (Wildman–Crippen MR) is 91.8 cm³/mol. The largest absolute Gasteiger partial charge is 0.506 e. The highest BCUT2D eigenvalue weighted by atomic mass is 79.9. The fraction of sp³-hybridized carbons (Fsp3) is 0.250. The molecule has 2 N–H and O–H groups in total. The van der Waals surface area contributed by atoms with Crippen LogP contribution in [0.3, 0.4) is 0 Å². The molecule has 0 bridgehead atoms. The molecule has 21 heavy (non-hydrogen) atoms. The number of phenolic OH excluding ortho intramolecular Hbond substituents is 1. The number of phenols is 1. The van der Waals surface area contributed by atoms with Gasteiger partial charge in [-0.3, -0.25) is 0 Å². The lowest BCUT2D eigenvalue weighted by molar-refractivity contribution is 0.401. The highest BCUT2D eigenvalue weighted by molar-refractivity contribution is 9.11. The molecule has 2 aromatic carbocycles. The zero-order chi connectivity index (χ0) is 15.4. The number of ether oxygens (including phenoxy) is 1. The van der Waals surface area contributed by atoms with Crippen molar-refractivity contribution in [2.75, 3.05) is 7.11 Å². The molecule has 0 aromatic heterocycles. The van der Waals surface area contributed by atoms with E-state index in [4.69, 9.17) is 4.74 Å². The van der Waals surface area contributed by atoms with Crippen LogP contribution in [0, 0.1) is 0 Å². The first-order valence-corrected chi connectivity index (χ1v) is 8.14. The van der Waals surface area contributed by atoms with Crippen LogP contribution in [0.5, 0.6) is 11.5 Å². The topological polar surface area (TPSA) is 41.5 Å². The Balaban J connectivity index is 2.09. The van der Waals surface area contributed by atoms with Crippen molar-refractivity contribution in [1.82, 2.24) is 5.32 Å². The van der Waals surface area contributed by atoms with Crippen molar-refractivity contribution in [3.63, 3.8) is 0 Å². The molecule has 0 aliphatic heterocycles. The monoisotopic (exact) mass is 413 g/mol. The molecule has 5 heteroatoms. The van der Waals surface area contributed by atoms with Crippen LogP contribution in [0.4, 0.5) is 0 Å². The van der Waals surface area contributed by atoms with Crippen LogP contribution in [0.25, 0.3) is 0 Å². The average Bonchev–Trinajstić information content (AvgIpc) is 2.50. The van der Waals surface area contributed by atoms with E-state index in [9.17, 15) is 5.11 Å². The average molecular weight is 415 g/mol. The van der Waals surface area contributed by atoms with Gasteiger partial charge < -0.3 is 15.2 Å². The molecule has 0 heterocycles. The number of rotatable bonds is 5. The molecule has 0 aliphatic rings. The van der Waals surface area contributed by atoms with Gasteiger partial charge >= 0.3 is 0 Å². The van der Waals surface area contributed by atoms with E-state index in [-0.39, 0.29) is 11.8 Å². The van der Waals surface area contributed by atoms with Gasteiger partial charge in [-0.2, -0.15) is 0 Å². The molecular formula is C16H17Br2NO2. The number of aromatic hydroxyl groups is 1. The van der Waals surface area contributed by atoms with Crippen LogP contribution in [-0.4, -0.2) is 12.2 Å². The van der Waals surface area contributed by atoms with Crippen molar-refractivity contribution in [3.8, 4) is 11.5 Å². The first-order chi connectivity index (χ1) is 10.0. The van der Waals surface area contributed by atoms with Gasteiger partial charge in [0.1, 0.15) is 11.5 Å². The van der Waals surface area contributed by atoms with Gasteiger partial charge in [0.05, 0.1) is 16.1 Å². The molecule has 0 radical (unpaired) electrons. The van der Waals surface area contributed by atoms with Gasteiger partial charge in [0, 0.05) is 18.2 Å². The maximum Gasteiger partial charge on any atom is 0.143 e. The molecule has 2 aromatic rings. The van der Waals surface area contributed by atoms with Crippen LogP contribution in [0.2, 0.25) is 0 Å². The molecule has 3 nitrogen and oxygen atoms in total. The summed E-state index contributed by atoms with van der Waals surface area (Å²) >= 11 is 6.69. The Bertz CT molecular complexity index is 608. The Morgan fingerprint density at radius 3 is 2.43 bits per heavy atom. The number of halogens is 2. The van der Waals surface area contributed by atoms with Crippen LogP contribution < -0.4 is 10.1 Å². The smallest absolute Gasteiger partial charge is 0.143 e. The number of benzene rings is 2. The van der Waals surface area contributed by atoms with E-state index in [2.05, 4.69) is 50.2 Å². The minimum atomic E-state index is 0.160. The van der Waals surface area contributed by atoms with Gasteiger partial charge in [0.2, 0.25) is 0 Å². The van der Waals surface area contributed by atoms with Crippen molar-refractivity contribution in [1.29, 1.82) is 0 Å². The van der Waals surface area contributed by atoms with E-state index in [0.717, 1.165) is 16.9 Å². The highest BCUT2D eigenvalue weighted by Gasteiger charge is 2.11. The Morgan fingerprint density at radius 1 is 1.19 bits per heavy atom. The summed E-state index contributed by atoms with van der Waals surface area (Å²) in [5.74, 6) is 1.10. The Hall–Kier alpha value is -1.04. The standard InChI is InChI=1S/C16H17Br2NO2/c1-10(12-5-3-4-6-15(12)21-2)19-9-11-7-13(17)16(20)14(18)8-11/h3-8,10,19-20H,9H2,1-2H3/t10-/m1/s1. The molecule has 112 valence electrons. The quantitative estimate of drug-likeness (QED) is 0.739. The second-order valence-corrected chi connectivity index (χ2v) is 6.46. The van der Waals surface area contributed by atoms with Gasteiger partial charge in [0.15, 0.2) is 0 Å². The first-order valence-electron chi connectivity index (χ1n) is 6.56. The number of para-hydroxylation sites is 1. The molecule has 0 saturated heterocycles. The first kappa shape index (κ1) is 16.3. The van der Waals surface area contributed by atoms with E-state index in [1.165, 1.54) is 0 Å². The molecule has 1 atom stereocenters. The Kier molecular flexibility index (Phi) is 5.67. The molecular weight excluding hydrogens is 398 g/mol. The van der Waals surface area contributed by atoms with E-state index in [1.54, 1.807) is 7.11 Å². The van der Waals surface area contributed by atoms with E-state index >= 15 is 0 Å². The third-order valence-corrected chi connectivity index (χ3v) is 4.50.